The van der Waals surface area contributed by atoms with Crippen LogP contribution >= 0.6 is 15.9 Å². The zero-order valence-electron chi connectivity index (χ0n) is 8.50. The second-order valence-corrected chi connectivity index (χ2v) is 4.62. The summed E-state index contributed by atoms with van der Waals surface area (Å²) < 4.78 is 19.0. The Kier molecular flexibility index (Phi) is 3.43. The molecule has 1 fully saturated rings. The minimum absolute atomic E-state index is 0.0836. The van der Waals surface area contributed by atoms with Crippen LogP contribution in [0.15, 0.2) is 22.7 Å². The Morgan fingerprint density at radius 2 is 2.31 bits per heavy atom. The van der Waals surface area contributed by atoms with Crippen molar-refractivity contribution in [1.82, 2.24) is 5.32 Å². The molecule has 0 saturated heterocycles. The molecule has 0 spiro atoms. The molecule has 1 aromatic carbocycles. The lowest BCUT2D eigenvalue weighted by Crippen LogP contribution is -2.30. The first-order chi connectivity index (χ1) is 7.65. The topological polar surface area (TPSA) is 38.3 Å². The molecule has 0 bridgehead atoms. The standard InChI is InChI=1S/C11H11BrFNO2/c12-7-1-4-9(13)10(5-7)16-6-11(15)14-8-2-3-8/h1,4-5,8H,2-3,6H2,(H,14,15). The number of benzene rings is 1. The molecule has 0 radical (unpaired) electrons. The highest BCUT2D eigenvalue weighted by atomic mass is 79.9. The number of carbonyl (C=O) groups is 1. The van der Waals surface area contributed by atoms with E-state index in [1.165, 1.54) is 12.1 Å². The van der Waals surface area contributed by atoms with Gasteiger partial charge in [-0.25, -0.2) is 4.39 Å². The maximum atomic E-state index is 13.2. The molecular weight excluding hydrogens is 277 g/mol. The highest BCUT2D eigenvalue weighted by molar-refractivity contribution is 9.10. The lowest BCUT2D eigenvalue weighted by molar-refractivity contribution is -0.123. The lowest BCUT2D eigenvalue weighted by Gasteiger charge is -2.07. The third-order valence-corrected chi connectivity index (χ3v) is 2.69. The zero-order valence-corrected chi connectivity index (χ0v) is 10.1. The highest BCUT2D eigenvalue weighted by Crippen LogP contribution is 2.22. The van der Waals surface area contributed by atoms with Crippen molar-refractivity contribution < 1.29 is 13.9 Å². The number of ether oxygens (including phenoxy) is 1. The van der Waals surface area contributed by atoms with E-state index < -0.39 is 5.82 Å². The van der Waals surface area contributed by atoms with Crippen LogP contribution in [0, 0.1) is 5.82 Å². The molecular formula is C11H11BrFNO2. The first kappa shape index (κ1) is 11.4. The molecule has 1 aliphatic carbocycles. The maximum absolute atomic E-state index is 13.2. The van der Waals surface area contributed by atoms with Gasteiger partial charge >= 0.3 is 0 Å². The molecule has 2 rings (SSSR count). The Balaban J connectivity index is 1.87. The van der Waals surface area contributed by atoms with Gasteiger partial charge in [0.1, 0.15) is 0 Å². The van der Waals surface area contributed by atoms with E-state index in [0.717, 1.165) is 12.8 Å². The van der Waals surface area contributed by atoms with Crippen molar-refractivity contribution in [3.63, 3.8) is 0 Å². The Morgan fingerprint density at radius 1 is 1.56 bits per heavy atom. The SMILES string of the molecule is O=C(COc1cc(Br)ccc1F)NC1CC1. The van der Waals surface area contributed by atoms with Crippen LogP contribution in [0.1, 0.15) is 12.8 Å². The van der Waals surface area contributed by atoms with Gasteiger partial charge < -0.3 is 10.1 Å². The number of hydrogen-bond donors (Lipinski definition) is 1. The smallest absolute Gasteiger partial charge is 0.258 e. The number of hydrogen-bond acceptors (Lipinski definition) is 2. The summed E-state index contributed by atoms with van der Waals surface area (Å²) in [6.07, 6.45) is 2.05. The molecule has 0 unspecified atom stereocenters. The summed E-state index contributed by atoms with van der Waals surface area (Å²) in [5, 5.41) is 2.76. The van der Waals surface area contributed by atoms with Crippen LogP contribution < -0.4 is 10.1 Å². The number of halogens is 2. The van der Waals surface area contributed by atoms with E-state index in [0.29, 0.717) is 10.5 Å². The number of amides is 1. The molecule has 3 nitrogen and oxygen atoms in total. The molecule has 5 heteroatoms. The highest BCUT2D eigenvalue weighted by Gasteiger charge is 2.23. The number of carbonyl (C=O) groups excluding carboxylic acids is 1. The second-order valence-electron chi connectivity index (χ2n) is 3.71. The molecule has 1 aliphatic rings. The van der Waals surface area contributed by atoms with Crippen molar-refractivity contribution in [2.75, 3.05) is 6.61 Å². The molecule has 0 aliphatic heterocycles. The molecule has 0 atom stereocenters. The van der Waals surface area contributed by atoms with Gasteiger partial charge in [-0.15, -0.1) is 0 Å². The fourth-order valence-electron chi connectivity index (χ4n) is 1.23. The van der Waals surface area contributed by atoms with Crippen molar-refractivity contribution in [3.8, 4) is 5.75 Å². The largest absolute Gasteiger partial charge is 0.481 e. The van der Waals surface area contributed by atoms with Crippen LogP contribution in [0.4, 0.5) is 4.39 Å². The van der Waals surface area contributed by atoms with Gasteiger partial charge in [0.2, 0.25) is 0 Å². The number of rotatable bonds is 4. The van der Waals surface area contributed by atoms with E-state index in [-0.39, 0.29) is 18.3 Å². The lowest BCUT2D eigenvalue weighted by atomic mass is 10.3. The molecule has 0 heterocycles. The third kappa shape index (κ3) is 3.20. The van der Waals surface area contributed by atoms with Crippen molar-refractivity contribution in [2.24, 2.45) is 0 Å². The second kappa shape index (κ2) is 4.82. The molecule has 1 amide bonds. The van der Waals surface area contributed by atoms with Crippen LogP contribution in [0.2, 0.25) is 0 Å². The van der Waals surface area contributed by atoms with Gasteiger partial charge in [-0.2, -0.15) is 0 Å². The van der Waals surface area contributed by atoms with Gasteiger partial charge in [0.15, 0.2) is 18.2 Å². The summed E-state index contributed by atoms with van der Waals surface area (Å²) in [6, 6.07) is 4.66. The summed E-state index contributed by atoms with van der Waals surface area (Å²) in [7, 11) is 0. The van der Waals surface area contributed by atoms with E-state index in [4.69, 9.17) is 4.74 Å². The summed E-state index contributed by atoms with van der Waals surface area (Å²) in [5.74, 6) is -0.593. The molecule has 0 aromatic heterocycles. The van der Waals surface area contributed by atoms with Crippen molar-refractivity contribution in [1.29, 1.82) is 0 Å². The number of nitrogens with one attached hydrogen (secondary N) is 1. The zero-order chi connectivity index (χ0) is 11.5. The summed E-state index contributed by atoms with van der Waals surface area (Å²) in [6.45, 7) is -0.149. The molecule has 86 valence electrons. The Labute approximate surface area is 101 Å². The Morgan fingerprint density at radius 3 is 3.00 bits per heavy atom. The summed E-state index contributed by atoms with van der Waals surface area (Å²) in [4.78, 5) is 11.3. The van der Waals surface area contributed by atoms with Crippen LogP contribution in [0.3, 0.4) is 0 Å². The molecule has 1 saturated carbocycles. The predicted octanol–water partition coefficient (Wildman–Crippen LogP) is 2.25. The summed E-state index contributed by atoms with van der Waals surface area (Å²) >= 11 is 3.21. The van der Waals surface area contributed by atoms with Gasteiger partial charge in [0, 0.05) is 10.5 Å². The minimum atomic E-state index is -0.470. The maximum Gasteiger partial charge on any atom is 0.258 e. The molecule has 1 aromatic rings. The monoisotopic (exact) mass is 287 g/mol. The van der Waals surface area contributed by atoms with E-state index >= 15 is 0 Å². The van der Waals surface area contributed by atoms with E-state index in [9.17, 15) is 9.18 Å². The van der Waals surface area contributed by atoms with E-state index in [1.807, 2.05) is 0 Å². The first-order valence-electron chi connectivity index (χ1n) is 5.02. The average Bonchev–Trinajstić information content (AvgIpc) is 3.03. The quantitative estimate of drug-likeness (QED) is 0.922. The summed E-state index contributed by atoms with van der Waals surface area (Å²) in [5.41, 5.74) is 0. The van der Waals surface area contributed by atoms with Gasteiger partial charge in [0.05, 0.1) is 0 Å². The minimum Gasteiger partial charge on any atom is -0.481 e. The van der Waals surface area contributed by atoms with Crippen molar-refractivity contribution >= 4 is 21.8 Å². The molecule has 1 N–H and O–H groups in total. The fourth-order valence-corrected chi connectivity index (χ4v) is 1.57. The normalized spacial score (nSPS) is 14.6. The predicted molar refractivity (Wildman–Crippen MR) is 60.8 cm³/mol. The third-order valence-electron chi connectivity index (χ3n) is 2.19. The van der Waals surface area contributed by atoms with Crippen molar-refractivity contribution in [2.45, 2.75) is 18.9 Å². The van der Waals surface area contributed by atoms with Crippen LogP contribution in [0.25, 0.3) is 0 Å². The fraction of sp³-hybridized carbons (Fsp3) is 0.364. The van der Waals surface area contributed by atoms with Crippen LogP contribution in [0.5, 0.6) is 5.75 Å². The van der Waals surface area contributed by atoms with Gasteiger partial charge in [-0.1, -0.05) is 15.9 Å². The van der Waals surface area contributed by atoms with E-state index in [2.05, 4.69) is 21.2 Å². The Bertz CT molecular complexity index is 407. The molecule has 16 heavy (non-hydrogen) atoms. The van der Waals surface area contributed by atoms with Gasteiger partial charge in [-0.3, -0.25) is 4.79 Å². The van der Waals surface area contributed by atoms with Crippen molar-refractivity contribution in [3.05, 3.63) is 28.5 Å². The van der Waals surface area contributed by atoms with Crippen LogP contribution in [-0.4, -0.2) is 18.6 Å². The van der Waals surface area contributed by atoms with E-state index in [1.54, 1.807) is 6.07 Å². The average molecular weight is 288 g/mol. The first-order valence-corrected chi connectivity index (χ1v) is 5.81. The van der Waals surface area contributed by atoms with Gasteiger partial charge in [0.25, 0.3) is 5.91 Å². The van der Waals surface area contributed by atoms with Crippen LogP contribution in [-0.2, 0) is 4.79 Å². The Hall–Kier alpha value is -1.10. The van der Waals surface area contributed by atoms with Gasteiger partial charge in [-0.05, 0) is 31.0 Å².